The molecule has 0 spiro atoms. The van der Waals surface area contributed by atoms with E-state index in [1.54, 1.807) is 39.6 Å². The molecule has 2 aromatic rings. The van der Waals surface area contributed by atoms with Gasteiger partial charge in [0.25, 0.3) is 0 Å². The second kappa shape index (κ2) is 8.41. The summed E-state index contributed by atoms with van der Waals surface area (Å²) in [4.78, 5) is 16.0. The molecule has 140 valence electrons. The molecule has 1 aliphatic heterocycles. The number of aryl methyl sites for hydroxylation is 1. The minimum absolute atomic E-state index is 0.0921. The molecule has 0 aliphatic carbocycles. The maximum atomic E-state index is 12.6. The number of benzene rings is 1. The van der Waals surface area contributed by atoms with Gasteiger partial charge in [-0.3, -0.25) is 9.48 Å². The third-order valence-corrected chi connectivity index (χ3v) is 6.31. The molecule has 1 saturated heterocycles. The van der Waals surface area contributed by atoms with E-state index in [2.05, 4.69) is 15.4 Å². The SMILES string of the molecule is O=C(CCn1cncn1)NCc1ccc(S(=O)(=O)N2CCCCC2)cc1. The number of hydrogen-bond donors (Lipinski definition) is 1. The van der Waals surface area contributed by atoms with Crippen LogP contribution in [0, 0.1) is 0 Å². The summed E-state index contributed by atoms with van der Waals surface area (Å²) in [6, 6.07) is 6.71. The van der Waals surface area contributed by atoms with Crippen LogP contribution < -0.4 is 5.32 Å². The first-order chi connectivity index (χ1) is 12.6. The first-order valence-electron chi connectivity index (χ1n) is 8.74. The van der Waals surface area contributed by atoms with Crippen molar-refractivity contribution in [1.29, 1.82) is 0 Å². The smallest absolute Gasteiger partial charge is 0.243 e. The summed E-state index contributed by atoms with van der Waals surface area (Å²) in [5, 5.41) is 6.76. The molecule has 1 aliphatic rings. The molecule has 8 nitrogen and oxygen atoms in total. The van der Waals surface area contributed by atoms with Gasteiger partial charge in [-0.2, -0.15) is 9.40 Å². The predicted octanol–water partition coefficient (Wildman–Crippen LogP) is 1.16. The van der Waals surface area contributed by atoms with Crippen molar-refractivity contribution in [2.75, 3.05) is 13.1 Å². The standard InChI is InChI=1S/C17H23N5O3S/c23-17(8-11-21-14-18-13-20-21)19-12-15-4-6-16(7-5-15)26(24,25)22-9-2-1-3-10-22/h4-7,13-14H,1-3,8-12H2,(H,19,23). The number of hydrogen-bond acceptors (Lipinski definition) is 5. The fourth-order valence-electron chi connectivity index (χ4n) is 2.89. The Balaban J connectivity index is 1.51. The van der Waals surface area contributed by atoms with Gasteiger partial charge < -0.3 is 5.32 Å². The lowest BCUT2D eigenvalue weighted by Crippen LogP contribution is -2.35. The van der Waals surface area contributed by atoms with E-state index in [-0.39, 0.29) is 5.91 Å². The quantitative estimate of drug-likeness (QED) is 0.781. The lowest BCUT2D eigenvalue weighted by molar-refractivity contribution is -0.121. The molecular weight excluding hydrogens is 354 g/mol. The molecule has 1 aromatic heterocycles. The van der Waals surface area contributed by atoms with Gasteiger partial charge >= 0.3 is 0 Å². The second-order valence-corrected chi connectivity index (χ2v) is 8.23. The summed E-state index contributed by atoms with van der Waals surface area (Å²) in [5.74, 6) is -0.0921. The number of carbonyl (C=O) groups excluding carboxylic acids is 1. The molecule has 9 heteroatoms. The van der Waals surface area contributed by atoms with E-state index in [4.69, 9.17) is 0 Å². The highest BCUT2D eigenvalue weighted by molar-refractivity contribution is 7.89. The number of carbonyl (C=O) groups is 1. The van der Waals surface area contributed by atoms with Crippen molar-refractivity contribution >= 4 is 15.9 Å². The Morgan fingerprint density at radius 3 is 2.50 bits per heavy atom. The molecule has 26 heavy (non-hydrogen) atoms. The van der Waals surface area contributed by atoms with E-state index in [1.165, 1.54) is 6.33 Å². The molecule has 0 radical (unpaired) electrons. The highest BCUT2D eigenvalue weighted by atomic mass is 32.2. The van der Waals surface area contributed by atoms with Crippen LogP contribution in [0.5, 0.6) is 0 Å². The number of nitrogens with one attached hydrogen (secondary N) is 1. The minimum atomic E-state index is -3.41. The fourth-order valence-corrected chi connectivity index (χ4v) is 4.40. The lowest BCUT2D eigenvalue weighted by Gasteiger charge is -2.25. The van der Waals surface area contributed by atoms with Crippen LogP contribution in [0.25, 0.3) is 0 Å². The summed E-state index contributed by atoms with van der Waals surface area (Å²) in [5.41, 5.74) is 0.858. The summed E-state index contributed by atoms with van der Waals surface area (Å²) in [6.07, 6.45) is 6.22. The zero-order valence-electron chi connectivity index (χ0n) is 14.5. The maximum Gasteiger partial charge on any atom is 0.243 e. The van der Waals surface area contributed by atoms with Gasteiger partial charge in [-0.05, 0) is 30.5 Å². The van der Waals surface area contributed by atoms with Crippen LogP contribution in [-0.2, 0) is 27.9 Å². The predicted molar refractivity (Wildman–Crippen MR) is 95.5 cm³/mol. The van der Waals surface area contributed by atoms with Gasteiger partial charge in [0.2, 0.25) is 15.9 Å². The van der Waals surface area contributed by atoms with Gasteiger partial charge in [0.1, 0.15) is 12.7 Å². The third kappa shape index (κ3) is 4.67. The van der Waals surface area contributed by atoms with E-state index in [9.17, 15) is 13.2 Å². The minimum Gasteiger partial charge on any atom is -0.352 e. The van der Waals surface area contributed by atoms with E-state index in [0.29, 0.717) is 37.5 Å². The number of amides is 1. The highest BCUT2D eigenvalue weighted by Crippen LogP contribution is 2.20. The molecular formula is C17H23N5O3S. The molecule has 1 amide bonds. The highest BCUT2D eigenvalue weighted by Gasteiger charge is 2.25. The monoisotopic (exact) mass is 377 g/mol. The molecule has 2 heterocycles. The van der Waals surface area contributed by atoms with Crippen LogP contribution in [0.1, 0.15) is 31.2 Å². The Hall–Kier alpha value is -2.26. The zero-order valence-corrected chi connectivity index (χ0v) is 15.4. The van der Waals surface area contributed by atoms with Crippen molar-refractivity contribution in [3.8, 4) is 0 Å². The number of sulfonamides is 1. The van der Waals surface area contributed by atoms with E-state index in [0.717, 1.165) is 24.8 Å². The van der Waals surface area contributed by atoms with Gasteiger partial charge in [-0.25, -0.2) is 13.4 Å². The largest absolute Gasteiger partial charge is 0.352 e. The van der Waals surface area contributed by atoms with E-state index >= 15 is 0 Å². The van der Waals surface area contributed by atoms with Gasteiger partial charge in [0.05, 0.1) is 11.4 Å². The van der Waals surface area contributed by atoms with Gasteiger partial charge in [-0.1, -0.05) is 18.6 Å². The van der Waals surface area contributed by atoms with Crippen LogP contribution in [0.3, 0.4) is 0 Å². The van der Waals surface area contributed by atoms with Gasteiger partial charge in [-0.15, -0.1) is 0 Å². The topological polar surface area (TPSA) is 97.2 Å². The van der Waals surface area contributed by atoms with Crippen molar-refractivity contribution in [3.05, 3.63) is 42.5 Å². The molecule has 0 unspecified atom stereocenters. The molecule has 0 saturated carbocycles. The normalized spacial score (nSPS) is 15.7. The lowest BCUT2D eigenvalue weighted by atomic mass is 10.2. The summed E-state index contributed by atoms with van der Waals surface area (Å²) in [7, 11) is -3.41. The maximum absolute atomic E-state index is 12.6. The van der Waals surface area contributed by atoms with Crippen LogP contribution >= 0.6 is 0 Å². The first-order valence-corrected chi connectivity index (χ1v) is 10.2. The summed E-state index contributed by atoms with van der Waals surface area (Å²) >= 11 is 0. The van der Waals surface area contributed by atoms with Crippen LogP contribution in [0.15, 0.2) is 41.8 Å². The number of piperidine rings is 1. The average Bonchev–Trinajstić information content (AvgIpc) is 3.19. The van der Waals surface area contributed by atoms with Crippen molar-refractivity contribution in [2.24, 2.45) is 0 Å². The van der Waals surface area contributed by atoms with Gasteiger partial charge in [0.15, 0.2) is 0 Å². The molecule has 0 bridgehead atoms. The van der Waals surface area contributed by atoms with Crippen molar-refractivity contribution in [2.45, 2.75) is 43.7 Å². The molecule has 1 aromatic carbocycles. The Morgan fingerprint density at radius 1 is 1.12 bits per heavy atom. The van der Waals surface area contributed by atoms with Crippen molar-refractivity contribution < 1.29 is 13.2 Å². The number of aromatic nitrogens is 3. The fraction of sp³-hybridized carbons (Fsp3) is 0.471. The van der Waals surface area contributed by atoms with Gasteiger partial charge in [0, 0.05) is 26.1 Å². The zero-order chi connectivity index (χ0) is 18.4. The van der Waals surface area contributed by atoms with Crippen LogP contribution in [-0.4, -0.2) is 46.5 Å². The van der Waals surface area contributed by atoms with Crippen LogP contribution in [0.4, 0.5) is 0 Å². The van der Waals surface area contributed by atoms with E-state index < -0.39 is 10.0 Å². The Bertz CT molecular complexity index is 813. The third-order valence-electron chi connectivity index (χ3n) is 4.40. The second-order valence-electron chi connectivity index (χ2n) is 6.29. The van der Waals surface area contributed by atoms with Crippen LogP contribution in [0.2, 0.25) is 0 Å². The van der Waals surface area contributed by atoms with Crippen molar-refractivity contribution in [1.82, 2.24) is 24.4 Å². The Labute approximate surface area is 153 Å². The van der Waals surface area contributed by atoms with E-state index in [1.807, 2.05) is 0 Å². The Kier molecular flexibility index (Phi) is 6.00. The summed E-state index contributed by atoms with van der Waals surface area (Å²) in [6.45, 7) is 2.01. The van der Waals surface area contributed by atoms with Crippen molar-refractivity contribution in [3.63, 3.8) is 0 Å². The molecule has 1 N–H and O–H groups in total. The molecule has 1 fully saturated rings. The molecule has 0 atom stereocenters. The first kappa shape index (κ1) is 18.5. The molecule has 3 rings (SSSR count). The Morgan fingerprint density at radius 2 is 1.85 bits per heavy atom. The number of rotatable bonds is 7. The average molecular weight is 377 g/mol. The summed E-state index contributed by atoms with van der Waals surface area (Å²) < 4.78 is 28.4. The number of nitrogens with zero attached hydrogens (tertiary/aromatic N) is 4.